The molecule has 3 rings (SSSR count). The molecule has 0 N–H and O–H groups in total. The second-order valence-corrected chi connectivity index (χ2v) is 5.19. The monoisotopic (exact) mass is 329 g/mol. The quantitative estimate of drug-likeness (QED) is 0.640. The minimum absolute atomic E-state index is 0.0202. The van der Waals surface area contributed by atoms with Crippen LogP contribution in [0.2, 0.25) is 0 Å². The number of Topliss-reactive ketones (excluding diaryl/α,β-unsaturated/α-hetero) is 1. The minimum atomic E-state index is -1.42. The number of esters is 1. The van der Waals surface area contributed by atoms with Crippen molar-refractivity contribution < 1.29 is 23.1 Å². The van der Waals surface area contributed by atoms with Gasteiger partial charge in [-0.25, -0.2) is 8.78 Å². The summed E-state index contributed by atoms with van der Waals surface area (Å²) in [5.41, 5.74) is 0.183. The van der Waals surface area contributed by atoms with E-state index < -0.39 is 29.3 Å². The van der Waals surface area contributed by atoms with Crippen LogP contribution in [0.5, 0.6) is 0 Å². The highest BCUT2D eigenvalue weighted by Crippen LogP contribution is 2.32. The Balaban J connectivity index is 2.21. The van der Waals surface area contributed by atoms with E-state index in [1.54, 1.807) is 13.0 Å². The van der Waals surface area contributed by atoms with Crippen molar-refractivity contribution in [2.24, 2.45) is 10.9 Å². The zero-order valence-corrected chi connectivity index (χ0v) is 12.8. The molecule has 122 valence electrons. The zero-order valence-electron chi connectivity index (χ0n) is 12.8. The van der Waals surface area contributed by atoms with Crippen molar-refractivity contribution in [3.05, 3.63) is 65.2 Å². The molecule has 0 saturated carbocycles. The number of hydrogen-bond donors (Lipinski definition) is 0. The first-order valence-corrected chi connectivity index (χ1v) is 7.36. The third kappa shape index (κ3) is 2.71. The lowest BCUT2D eigenvalue weighted by Gasteiger charge is -2.23. The molecule has 6 heteroatoms. The average molecular weight is 329 g/mol. The standard InChI is InChI=1S/C18H13F2NO3/c1-2-24-18(23)15-16(11-5-3-4-6-13(11)20)21-14-8-7-10(19)9-12(14)17(15)22/h3-9,15H,2H2,1H3. The van der Waals surface area contributed by atoms with Gasteiger partial charge in [-0.2, -0.15) is 0 Å². The van der Waals surface area contributed by atoms with Gasteiger partial charge in [0.2, 0.25) is 0 Å². The fourth-order valence-electron chi connectivity index (χ4n) is 2.61. The molecule has 1 heterocycles. The predicted octanol–water partition coefficient (Wildman–Crippen LogP) is 3.46. The minimum Gasteiger partial charge on any atom is -0.465 e. The zero-order chi connectivity index (χ0) is 17.3. The molecular weight excluding hydrogens is 316 g/mol. The summed E-state index contributed by atoms with van der Waals surface area (Å²) in [5, 5.41) is 0. The second-order valence-electron chi connectivity index (χ2n) is 5.19. The normalized spacial score (nSPS) is 16.4. The van der Waals surface area contributed by atoms with Gasteiger partial charge in [0.25, 0.3) is 0 Å². The lowest BCUT2D eigenvalue weighted by molar-refractivity contribution is -0.144. The van der Waals surface area contributed by atoms with Crippen molar-refractivity contribution in [2.45, 2.75) is 6.92 Å². The summed E-state index contributed by atoms with van der Waals surface area (Å²) in [6.45, 7) is 1.65. The molecule has 2 aromatic carbocycles. The van der Waals surface area contributed by atoms with Gasteiger partial charge in [-0.15, -0.1) is 0 Å². The number of aliphatic imine (C=N–C) groups is 1. The second kappa shape index (κ2) is 6.31. The highest BCUT2D eigenvalue weighted by Gasteiger charge is 2.39. The molecule has 1 aliphatic rings. The Kier molecular flexibility index (Phi) is 4.20. The van der Waals surface area contributed by atoms with Crippen molar-refractivity contribution in [1.82, 2.24) is 0 Å². The Hall–Kier alpha value is -2.89. The van der Waals surface area contributed by atoms with Crippen molar-refractivity contribution >= 4 is 23.2 Å². The molecule has 0 aliphatic carbocycles. The average Bonchev–Trinajstić information content (AvgIpc) is 2.56. The van der Waals surface area contributed by atoms with Gasteiger partial charge in [0.15, 0.2) is 11.7 Å². The fraction of sp³-hybridized carbons (Fsp3) is 0.167. The van der Waals surface area contributed by atoms with Gasteiger partial charge in [0.05, 0.1) is 18.0 Å². The maximum atomic E-state index is 14.2. The van der Waals surface area contributed by atoms with E-state index in [1.807, 2.05) is 0 Å². The van der Waals surface area contributed by atoms with Gasteiger partial charge in [-0.3, -0.25) is 14.6 Å². The maximum absolute atomic E-state index is 14.2. The van der Waals surface area contributed by atoms with Gasteiger partial charge >= 0.3 is 5.97 Å². The number of carbonyl (C=O) groups is 2. The van der Waals surface area contributed by atoms with Crippen molar-refractivity contribution in [1.29, 1.82) is 0 Å². The molecule has 0 saturated heterocycles. The number of nitrogens with zero attached hydrogens (tertiary/aromatic N) is 1. The summed E-state index contributed by atoms with van der Waals surface area (Å²) in [6.07, 6.45) is 0. The molecule has 1 atom stereocenters. The molecule has 2 aromatic rings. The Morgan fingerprint density at radius 2 is 1.92 bits per heavy atom. The number of fused-ring (bicyclic) bond motifs is 1. The van der Waals surface area contributed by atoms with E-state index in [0.717, 1.165) is 12.1 Å². The number of rotatable bonds is 3. The largest absolute Gasteiger partial charge is 0.465 e. The van der Waals surface area contributed by atoms with E-state index in [9.17, 15) is 18.4 Å². The topological polar surface area (TPSA) is 55.7 Å². The SMILES string of the molecule is CCOC(=O)C1C(=O)c2cc(F)ccc2N=C1c1ccccc1F. The van der Waals surface area contributed by atoms with Crippen LogP contribution in [0, 0.1) is 17.6 Å². The van der Waals surface area contributed by atoms with Gasteiger partial charge in [-0.05, 0) is 31.2 Å². The first kappa shape index (κ1) is 16.0. The molecule has 0 fully saturated rings. The fourth-order valence-corrected chi connectivity index (χ4v) is 2.61. The highest BCUT2D eigenvalue weighted by atomic mass is 19.1. The number of ether oxygens (including phenoxy) is 1. The third-order valence-electron chi connectivity index (χ3n) is 3.67. The molecule has 1 aliphatic heterocycles. The van der Waals surface area contributed by atoms with Crippen LogP contribution >= 0.6 is 0 Å². The van der Waals surface area contributed by atoms with Gasteiger partial charge in [-0.1, -0.05) is 18.2 Å². The van der Waals surface area contributed by atoms with E-state index in [-0.39, 0.29) is 29.1 Å². The van der Waals surface area contributed by atoms with Crippen molar-refractivity contribution in [2.75, 3.05) is 6.61 Å². The van der Waals surface area contributed by atoms with Crippen molar-refractivity contribution in [3.63, 3.8) is 0 Å². The maximum Gasteiger partial charge on any atom is 0.323 e. The van der Waals surface area contributed by atoms with E-state index in [0.29, 0.717) is 0 Å². The van der Waals surface area contributed by atoms with E-state index in [2.05, 4.69) is 4.99 Å². The van der Waals surface area contributed by atoms with Crippen LogP contribution in [0.25, 0.3) is 0 Å². The van der Waals surface area contributed by atoms with E-state index >= 15 is 0 Å². The van der Waals surface area contributed by atoms with Gasteiger partial charge in [0.1, 0.15) is 11.6 Å². The Morgan fingerprint density at radius 1 is 1.17 bits per heavy atom. The van der Waals surface area contributed by atoms with Gasteiger partial charge < -0.3 is 4.74 Å². The van der Waals surface area contributed by atoms with Crippen LogP contribution < -0.4 is 0 Å². The first-order valence-electron chi connectivity index (χ1n) is 7.36. The summed E-state index contributed by atoms with van der Waals surface area (Å²) >= 11 is 0. The molecule has 0 spiro atoms. The molecule has 0 radical (unpaired) electrons. The summed E-state index contributed by atoms with van der Waals surface area (Å²) in [4.78, 5) is 29.2. The van der Waals surface area contributed by atoms with Gasteiger partial charge in [0, 0.05) is 11.1 Å². The molecule has 0 aromatic heterocycles. The van der Waals surface area contributed by atoms with E-state index in [4.69, 9.17) is 4.74 Å². The Bertz CT molecular complexity index is 861. The number of hydrogen-bond acceptors (Lipinski definition) is 4. The summed E-state index contributed by atoms with van der Waals surface area (Å²) < 4.78 is 32.5. The van der Waals surface area contributed by atoms with Crippen LogP contribution in [0.3, 0.4) is 0 Å². The Morgan fingerprint density at radius 3 is 2.62 bits per heavy atom. The molecule has 24 heavy (non-hydrogen) atoms. The first-order chi connectivity index (χ1) is 11.5. The van der Waals surface area contributed by atoms with Crippen LogP contribution in [0.1, 0.15) is 22.8 Å². The van der Waals surface area contributed by atoms with Crippen LogP contribution in [-0.4, -0.2) is 24.1 Å². The lowest BCUT2D eigenvalue weighted by atomic mass is 9.85. The number of carbonyl (C=O) groups excluding carboxylic acids is 2. The van der Waals surface area contributed by atoms with E-state index in [1.165, 1.54) is 24.3 Å². The molecule has 0 amide bonds. The predicted molar refractivity (Wildman–Crippen MR) is 83.5 cm³/mol. The smallest absolute Gasteiger partial charge is 0.323 e. The van der Waals surface area contributed by atoms with Crippen LogP contribution in [0.15, 0.2) is 47.5 Å². The summed E-state index contributed by atoms with van der Waals surface area (Å²) in [7, 11) is 0. The van der Waals surface area contributed by atoms with Crippen LogP contribution in [-0.2, 0) is 9.53 Å². The highest BCUT2D eigenvalue weighted by molar-refractivity contribution is 6.31. The number of halogens is 2. The van der Waals surface area contributed by atoms with Crippen molar-refractivity contribution in [3.8, 4) is 0 Å². The molecule has 0 bridgehead atoms. The lowest BCUT2D eigenvalue weighted by Crippen LogP contribution is -2.36. The third-order valence-corrected chi connectivity index (χ3v) is 3.67. The van der Waals surface area contributed by atoms with Crippen LogP contribution in [0.4, 0.5) is 14.5 Å². The molecular formula is C18H13F2NO3. The number of ketones is 1. The molecule has 1 unspecified atom stereocenters. The summed E-state index contributed by atoms with van der Waals surface area (Å²) in [6, 6.07) is 9.21. The molecule has 4 nitrogen and oxygen atoms in total. The Labute approximate surface area is 136 Å². The summed E-state index contributed by atoms with van der Waals surface area (Å²) in [5.74, 6) is -4.13. The number of benzene rings is 2.